The zero-order valence-corrected chi connectivity index (χ0v) is 36.3. The van der Waals surface area contributed by atoms with Gasteiger partial charge in [0.1, 0.15) is 11.2 Å². The Morgan fingerprint density at radius 2 is 0.927 bits per heavy atom. The summed E-state index contributed by atoms with van der Waals surface area (Å²) >= 11 is 0. The molecule has 8 rings (SSSR count). The Bertz CT molecular complexity index is 1260. The van der Waals surface area contributed by atoms with Gasteiger partial charge in [0.2, 0.25) is 0 Å². The Labute approximate surface area is 334 Å². The Morgan fingerprint density at radius 3 is 1.25 bits per heavy atom. The topological polar surface area (TPSA) is 105 Å². The maximum absolute atomic E-state index is 12.7. The molecule has 55 heavy (non-hydrogen) atoms. The summed E-state index contributed by atoms with van der Waals surface area (Å²) in [5.41, 5.74) is -0.891. The summed E-state index contributed by atoms with van der Waals surface area (Å²) < 4.78 is 23.3. The second-order valence-electron chi connectivity index (χ2n) is 20.3. The number of esters is 4. The van der Waals surface area contributed by atoms with E-state index in [4.69, 9.17) is 18.9 Å². The van der Waals surface area contributed by atoms with E-state index in [1.165, 1.54) is 64.2 Å². The van der Waals surface area contributed by atoms with Crippen LogP contribution < -0.4 is 0 Å². The minimum atomic E-state index is -0.429. The molecule has 0 aromatic carbocycles. The Hall–Kier alpha value is -2.12. The predicted molar refractivity (Wildman–Crippen MR) is 215 cm³/mol. The molecule has 8 heteroatoms. The van der Waals surface area contributed by atoms with Gasteiger partial charge in [-0.15, -0.1) is 0 Å². The zero-order valence-electron chi connectivity index (χ0n) is 36.3. The van der Waals surface area contributed by atoms with Crippen LogP contribution in [-0.2, 0) is 38.1 Å². The normalized spacial score (nSPS) is 34.6. The number of unbranched alkanes of at least 4 members (excludes halogenated alkanes) is 2. The summed E-state index contributed by atoms with van der Waals surface area (Å²) in [7, 11) is 0. The van der Waals surface area contributed by atoms with E-state index in [2.05, 4.69) is 27.7 Å². The van der Waals surface area contributed by atoms with Gasteiger partial charge in [-0.25, -0.2) is 0 Å². The fraction of sp³-hybridized carbons (Fsp3) is 0.915. The van der Waals surface area contributed by atoms with Crippen LogP contribution in [0, 0.1) is 70.5 Å². The fourth-order valence-electron chi connectivity index (χ4n) is 12.5. The summed E-state index contributed by atoms with van der Waals surface area (Å²) in [6.07, 6.45) is 18.1. The van der Waals surface area contributed by atoms with Crippen molar-refractivity contribution in [2.75, 3.05) is 13.2 Å². The Kier molecular flexibility index (Phi) is 14.9. The monoisotopic (exact) mass is 771 g/mol. The van der Waals surface area contributed by atoms with E-state index < -0.39 is 5.41 Å². The van der Waals surface area contributed by atoms with Gasteiger partial charge in [0.05, 0.1) is 24.5 Å². The summed E-state index contributed by atoms with van der Waals surface area (Å²) in [4.78, 5) is 49.1. The first kappa shape index (κ1) is 44.0. The molecule has 8 nitrogen and oxygen atoms in total. The molecule has 8 fully saturated rings. The molecule has 8 bridgehead atoms. The molecule has 1 atom stereocenters. The molecule has 0 radical (unpaired) electrons. The lowest BCUT2D eigenvalue weighted by Gasteiger charge is -2.61. The summed E-state index contributed by atoms with van der Waals surface area (Å²) in [6.45, 7) is 19.4. The van der Waals surface area contributed by atoms with Crippen molar-refractivity contribution in [1.29, 1.82) is 0 Å². The zero-order chi connectivity index (χ0) is 40.1. The highest BCUT2D eigenvalue weighted by Crippen LogP contribution is 2.63. The molecular weight excluding hydrogens is 693 g/mol. The van der Waals surface area contributed by atoms with E-state index in [0.717, 1.165) is 49.4 Å². The van der Waals surface area contributed by atoms with Gasteiger partial charge in [0, 0.05) is 12.8 Å². The highest BCUT2D eigenvalue weighted by molar-refractivity contribution is 5.75. The summed E-state index contributed by atoms with van der Waals surface area (Å²) in [6, 6.07) is 0. The van der Waals surface area contributed by atoms with Crippen molar-refractivity contribution in [1.82, 2.24) is 0 Å². The third-order valence-electron chi connectivity index (χ3n) is 15.7. The lowest BCUT2D eigenvalue weighted by molar-refractivity contribution is -0.225. The number of hydrogen-bond acceptors (Lipinski definition) is 8. The second-order valence-corrected chi connectivity index (χ2v) is 20.3. The number of rotatable bonds is 18. The number of carbonyl (C=O) groups is 4. The molecule has 0 aromatic rings. The highest BCUT2D eigenvalue weighted by Gasteiger charge is 2.62. The van der Waals surface area contributed by atoms with Gasteiger partial charge in [-0.05, 0) is 176 Å². The van der Waals surface area contributed by atoms with Crippen molar-refractivity contribution in [3.05, 3.63) is 0 Å². The molecule has 0 aliphatic heterocycles. The average molecular weight is 771 g/mol. The van der Waals surface area contributed by atoms with Crippen LogP contribution in [0.3, 0.4) is 0 Å². The van der Waals surface area contributed by atoms with E-state index >= 15 is 0 Å². The van der Waals surface area contributed by atoms with Crippen molar-refractivity contribution in [2.24, 2.45) is 70.5 Å². The van der Waals surface area contributed by atoms with E-state index in [1.54, 1.807) is 0 Å². The van der Waals surface area contributed by atoms with Gasteiger partial charge < -0.3 is 18.9 Å². The molecule has 0 amide bonds. The molecule has 314 valence electrons. The third-order valence-corrected chi connectivity index (χ3v) is 15.7. The van der Waals surface area contributed by atoms with Crippen molar-refractivity contribution in [2.45, 2.75) is 189 Å². The SMILES string of the molecule is CCC(C)(C)C(=O)OCCCCC(=O)OC1(C(C)C)C2CC3CC(C2)CC1C3.CCC(C)C(=O)OCCCCC(=O)OC1(C(C)C)C2CC3CC(C2)CC1C3. The van der Waals surface area contributed by atoms with Gasteiger partial charge in [-0.1, -0.05) is 48.5 Å². The van der Waals surface area contributed by atoms with Gasteiger partial charge in [-0.3, -0.25) is 19.2 Å². The molecule has 8 aliphatic rings. The largest absolute Gasteiger partial charge is 0.465 e. The molecule has 0 heterocycles. The molecule has 0 spiro atoms. The van der Waals surface area contributed by atoms with Crippen LogP contribution in [-0.4, -0.2) is 48.3 Å². The molecule has 0 N–H and O–H groups in total. The van der Waals surface area contributed by atoms with Gasteiger partial charge in [-0.2, -0.15) is 0 Å². The standard InChI is InChI=1S/C24H40O4.C23H38O4/c1-6-23(4,5)22(26)27-10-8-7-9-21(25)28-24(16(2)3)19-12-17-11-18(14-19)15-20(24)13-17;1-5-16(4)22(25)26-9-7-6-8-21(24)27-23(15(2)3)19-11-17-10-18(13-19)14-20(23)12-17/h16-20H,6-15H2,1-5H3;15-20H,5-14H2,1-4H3. The van der Waals surface area contributed by atoms with Gasteiger partial charge >= 0.3 is 23.9 Å². The van der Waals surface area contributed by atoms with Gasteiger partial charge in [0.25, 0.3) is 0 Å². The first-order valence-electron chi connectivity index (χ1n) is 22.8. The van der Waals surface area contributed by atoms with Crippen LogP contribution in [0.5, 0.6) is 0 Å². The van der Waals surface area contributed by atoms with Crippen LogP contribution in [0.4, 0.5) is 0 Å². The Morgan fingerprint density at radius 1 is 0.564 bits per heavy atom. The van der Waals surface area contributed by atoms with Gasteiger partial charge in [0.15, 0.2) is 0 Å². The predicted octanol–water partition coefficient (Wildman–Crippen LogP) is 10.7. The quantitative estimate of drug-likeness (QED) is 0.0771. The minimum absolute atomic E-state index is 0.0437. The van der Waals surface area contributed by atoms with Crippen LogP contribution in [0.1, 0.15) is 178 Å². The molecule has 8 saturated carbocycles. The molecule has 8 aliphatic carbocycles. The maximum atomic E-state index is 12.7. The second kappa shape index (κ2) is 18.6. The smallest absolute Gasteiger partial charge is 0.311 e. The first-order valence-corrected chi connectivity index (χ1v) is 22.8. The number of ether oxygens (including phenoxy) is 4. The van der Waals surface area contributed by atoms with Crippen LogP contribution in [0.15, 0.2) is 0 Å². The van der Waals surface area contributed by atoms with Crippen molar-refractivity contribution in [3.8, 4) is 0 Å². The lowest BCUT2D eigenvalue weighted by Crippen LogP contribution is -2.62. The third kappa shape index (κ3) is 9.78. The van der Waals surface area contributed by atoms with Crippen molar-refractivity contribution >= 4 is 23.9 Å². The van der Waals surface area contributed by atoms with Crippen LogP contribution >= 0.6 is 0 Å². The molecule has 0 aromatic heterocycles. The number of carbonyl (C=O) groups excluding carboxylic acids is 4. The van der Waals surface area contributed by atoms with Crippen molar-refractivity contribution in [3.63, 3.8) is 0 Å². The molecular formula is C47H78O8. The number of hydrogen-bond donors (Lipinski definition) is 0. The van der Waals surface area contributed by atoms with Crippen molar-refractivity contribution < 1.29 is 38.1 Å². The van der Waals surface area contributed by atoms with Crippen LogP contribution in [0.25, 0.3) is 0 Å². The highest BCUT2D eigenvalue weighted by atomic mass is 16.6. The minimum Gasteiger partial charge on any atom is -0.465 e. The summed E-state index contributed by atoms with van der Waals surface area (Å²) in [5, 5.41) is 0. The van der Waals surface area contributed by atoms with E-state index in [0.29, 0.717) is 74.4 Å². The lowest BCUT2D eigenvalue weighted by atomic mass is 9.47. The molecule has 0 saturated heterocycles. The van der Waals surface area contributed by atoms with E-state index in [-0.39, 0.29) is 41.0 Å². The Balaban J connectivity index is 0.000000211. The average Bonchev–Trinajstić information content (AvgIpc) is 3.13. The first-order chi connectivity index (χ1) is 26.0. The fourth-order valence-corrected chi connectivity index (χ4v) is 12.5. The maximum Gasteiger partial charge on any atom is 0.311 e. The van der Waals surface area contributed by atoms with E-state index in [1.807, 2.05) is 34.6 Å². The van der Waals surface area contributed by atoms with E-state index in [9.17, 15) is 19.2 Å². The molecule has 1 unspecified atom stereocenters. The van der Waals surface area contributed by atoms with Crippen LogP contribution in [0.2, 0.25) is 0 Å². The summed E-state index contributed by atoms with van der Waals surface area (Å²) in [5.74, 6) is 6.07.